The molecule has 0 radical (unpaired) electrons. The molecular formula is C21H23N5S. The zero-order chi connectivity index (χ0) is 18.5. The Balaban J connectivity index is 1.66. The second-order valence-corrected chi connectivity index (χ2v) is 7.57. The van der Waals surface area contributed by atoms with Crippen molar-refractivity contribution < 1.29 is 0 Å². The summed E-state index contributed by atoms with van der Waals surface area (Å²) in [7, 11) is 0. The van der Waals surface area contributed by atoms with Gasteiger partial charge in [0, 0.05) is 40.6 Å². The number of thioether (sulfide) groups is 1. The maximum atomic E-state index is 4.74. The van der Waals surface area contributed by atoms with Crippen molar-refractivity contribution in [3.05, 3.63) is 54.9 Å². The largest absolute Gasteiger partial charge is 0.351 e. The fourth-order valence-electron chi connectivity index (χ4n) is 3.34. The third-order valence-electron chi connectivity index (χ3n) is 4.71. The molecule has 2 heterocycles. The Morgan fingerprint density at radius 3 is 2.70 bits per heavy atom. The number of pyridine rings is 1. The van der Waals surface area contributed by atoms with Gasteiger partial charge in [0.1, 0.15) is 5.82 Å². The molecule has 0 atom stereocenters. The zero-order valence-corrected chi connectivity index (χ0v) is 16.2. The summed E-state index contributed by atoms with van der Waals surface area (Å²) < 4.78 is 0. The predicted molar refractivity (Wildman–Crippen MR) is 113 cm³/mol. The molecule has 0 spiro atoms. The number of nitrogens with one attached hydrogen (secondary N) is 2. The fourth-order valence-corrected chi connectivity index (χ4v) is 3.80. The summed E-state index contributed by atoms with van der Waals surface area (Å²) in [6.07, 6.45) is 10.6. The van der Waals surface area contributed by atoms with Gasteiger partial charge in [-0.15, -0.1) is 11.8 Å². The van der Waals surface area contributed by atoms with Crippen molar-refractivity contribution in [1.29, 1.82) is 0 Å². The number of anilines is 3. The molecule has 1 aromatic carbocycles. The third kappa shape index (κ3) is 4.57. The highest BCUT2D eigenvalue weighted by Crippen LogP contribution is 2.27. The van der Waals surface area contributed by atoms with E-state index in [2.05, 4.69) is 46.1 Å². The van der Waals surface area contributed by atoms with E-state index in [0.29, 0.717) is 12.0 Å². The highest BCUT2D eigenvalue weighted by Gasteiger charge is 2.17. The van der Waals surface area contributed by atoms with Gasteiger partial charge in [-0.25, -0.2) is 4.98 Å². The predicted octanol–water partition coefficient (Wildman–Crippen LogP) is 5.36. The molecule has 4 rings (SSSR count). The van der Waals surface area contributed by atoms with E-state index in [0.717, 1.165) is 22.8 Å². The van der Waals surface area contributed by atoms with E-state index in [1.54, 1.807) is 18.0 Å². The summed E-state index contributed by atoms with van der Waals surface area (Å²) in [5.74, 6) is 1.45. The molecule has 5 nitrogen and oxygen atoms in total. The summed E-state index contributed by atoms with van der Waals surface area (Å²) in [6.45, 7) is 0. The van der Waals surface area contributed by atoms with Crippen LogP contribution in [-0.4, -0.2) is 27.2 Å². The van der Waals surface area contributed by atoms with Crippen molar-refractivity contribution in [1.82, 2.24) is 15.0 Å². The molecule has 0 unspecified atom stereocenters. The van der Waals surface area contributed by atoms with Crippen molar-refractivity contribution in [2.45, 2.75) is 36.6 Å². The van der Waals surface area contributed by atoms with Crippen molar-refractivity contribution in [2.75, 3.05) is 16.9 Å². The molecule has 0 bridgehead atoms. The molecule has 0 saturated heterocycles. The first kappa shape index (κ1) is 17.8. The van der Waals surface area contributed by atoms with Crippen LogP contribution in [0.1, 0.15) is 25.7 Å². The van der Waals surface area contributed by atoms with Gasteiger partial charge < -0.3 is 10.6 Å². The van der Waals surface area contributed by atoms with E-state index in [4.69, 9.17) is 9.97 Å². The minimum Gasteiger partial charge on any atom is -0.351 e. The van der Waals surface area contributed by atoms with Crippen LogP contribution in [0.5, 0.6) is 0 Å². The number of hydrogen-bond acceptors (Lipinski definition) is 6. The standard InChI is InChI=1S/C21H23N5S/c1-27-18-10-4-9-17(12-18)23-20-13-19(15-6-5-11-22-14-15)25-21(26-20)24-16-7-2-3-8-16/h4-6,9-14,16H,2-3,7-8H2,1H3,(H2,23,24,25,26). The Kier molecular flexibility index (Phi) is 5.53. The lowest BCUT2D eigenvalue weighted by Crippen LogP contribution is -2.17. The molecule has 0 amide bonds. The molecule has 6 heteroatoms. The molecule has 3 aromatic rings. The SMILES string of the molecule is CSc1cccc(Nc2cc(-c3cccnc3)nc(NC3CCCC3)n2)c1. The maximum absolute atomic E-state index is 4.74. The minimum atomic E-state index is 0.460. The second kappa shape index (κ2) is 8.39. The van der Waals surface area contributed by atoms with E-state index in [1.807, 2.05) is 24.4 Å². The quantitative estimate of drug-likeness (QED) is 0.564. The molecule has 1 aliphatic rings. The Morgan fingerprint density at radius 2 is 1.93 bits per heavy atom. The maximum Gasteiger partial charge on any atom is 0.225 e. The van der Waals surface area contributed by atoms with Gasteiger partial charge in [-0.2, -0.15) is 4.98 Å². The average Bonchev–Trinajstić information content (AvgIpc) is 3.21. The molecule has 138 valence electrons. The summed E-state index contributed by atoms with van der Waals surface area (Å²) in [6, 6.07) is 14.7. The average molecular weight is 378 g/mol. The minimum absolute atomic E-state index is 0.460. The lowest BCUT2D eigenvalue weighted by atomic mass is 10.2. The molecule has 27 heavy (non-hydrogen) atoms. The van der Waals surface area contributed by atoms with Gasteiger partial charge in [0.05, 0.1) is 5.69 Å². The van der Waals surface area contributed by atoms with Gasteiger partial charge in [-0.1, -0.05) is 18.9 Å². The van der Waals surface area contributed by atoms with Crippen LogP contribution in [0.2, 0.25) is 0 Å². The number of rotatable bonds is 6. The third-order valence-corrected chi connectivity index (χ3v) is 5.44. The van der Waals surface area contributed by atoms with Crippen LogP contribution in [0, 0.1) is 0 Å². The first-order chi connectivity index (χ1) is 13.3. The van der Waals surface area contributed by atoms with Gasteiger partial charge in [-0.3, -0.25) is 4.98 Å². The van der Waals surface area contributed by atoms with E-state index in [-0.39, 0.29) is 0 Å². The van der Waals surface area contributed by atoms with Crippen LogP contribution >= 0.6 is 11.8 Å². The van der Waals surface area contributed by atoms with Crippen LogP contribution in [0.15, 0.2) is 59.8 Å². The zero-order valence-electron chi connectivity index (χ0n) is 15.4. The first-order valence-corrected chi connectivity index (χ1v) is 10.5. The van der Waals surface area contributed by atoms with Gasteiger partial charge in [-0.05, 0) is 49.4 Å². The van der Waals surface area contributed by atoms with Crippen LogP contribution in [0.3, 0.4) is 0 Å². The highest BCUT2D eigenvalue weighted by molar-refractivity contribution is 7.98. The first-order valence-electron chi connectivity index (χ1n) is 9.27. The van der Waals surface area contributed by atoms with E-state index < -0.39 is 0 Å². The van der Waals surface area contributed by atoms with Crippen LogP contribution in [0.4, 0.5) is 17.5 Å². The topological polar surface area (TPSA) is 62.7 Å². The lowest BCUT2D eigenvalue weighted by Gasteiger charge is -2.15. The molecule has 1 fully saturated rings. The van der Waals surface area contributed by atoms with Gasteiger partial charge in [0.25, 0.3) is 0 Å². The Labute approximate surface area is 164 Å². The molecule has 1 saturated carbocycles. The van der Waals surface area contributed by atoms with Crippen LogP contribution in [0.25, 0.3) is 11.3 Å². The molecule has 2 aromatic heterocycles. The van der Waals surface area contributed by atoms with E-state index in [9.17, 15) is 0 Å². The van der Waals surface area contributed by atoms with Gasteiger partial charge in [0.2, 0.25) is 5.95 Å². The van der Waals surface area contributed by atoms with Crippen molar-refractivity contribution in [2.24, 2.45) is 0 Å². The Bertz CT molecular complexity index is 894. The summed E-state index contributed by atoms with van der Waals surface area (Å²) in [5, 5.41) is 6.94. The van der Waals surface area contributed by atoms with Crippen LogP contribution in [-0.2, 0) is 0 Å². The van der Waals surface area contributed by atoms with Gasteiger partial charge in [0.15, 0.2) is 0 Å². The number of hydrogen-bond donors (Lipinski definition) is 2. The second-order valence-electron chi connectivity index (χ2n) is 6.69. The number of nitrogens with zero attached hydrogens (tertiary/aromatic N) is 3. The molecule has 1 aliphatic carbocycles. The monoisotopic (exact) mass is 377 g/mol. The Hall–Kier alpha value is -2.60. The number of aromatic nitrogens is 3. The summed E-state index contributed by atoms with van der Waals surface area (Å²) in [5.41, 5.74) is 2.86. The highest BCUT2D eigenvalue weighted by atomic mass is 32.2. The van der Waals surface area contributed by atoms with Crippen LogP contribution < -0.4 is 10.6 Å². The summed E-state index contributed by atoms with van der Waals surface area (Å²) >= 11 is 1.72. The number of benzene rings is 1. The fraction of sp³-hybridized carbons (Fsp3) is 0.286. The van der Waals surface area contributed by atoms with Crippen molar-refractivity contribution in [3.63, 3.8) is 0 Å². The summed E-state index contributed by atoms with van der Waals surface area (Å²) in [4.78, 5) is 14.9. The lowest BCUT2D eigenvalue weighted by molar-refractivity contribution is 0.744. The molecule has 2 N–H and O–H groups in total. The van der Waals surface area contributed by atoms with E-state index >= 15 is 0 Å². The van der Waals surface area contributed by atoms with E-state index in [1.165, 1.54) is 30.6 Å². The smallest absolute Gasteiger partial charge is 0.225 e. The van der Waals surface area contributed by atoms with Crippen molar-refractivity contribution in [3.8, 4) is 11.3 Å². The van der Waals surface area contributed by atoms with Gasteiger partial charge >= 0.3 is 0 Å². The Morgan fingerprint density at radius 1 is 1.04 bits per heavy atom. The molecule has 0 aliphatic heterocycles. The normalized spacial score (nSPS) is 14.3. The van der Waals surface area contributed by atoms with Crippen molar-refractivity contribution >= 4 is 29.2 Å². The molecular weight excluding hydrogens is 354 g/mol.